The van der Waals surface area contributed by atoms with E-state index in [0.29, 0.717) is 24.7 Å². The zero-order valence-electron chi connectivity index (χ0n) is 20.4. The van der Waals surface area contributed by atoms with Crippen molar-refractivity contribution in [1.29, 1.82) is 0 Å². The number of β-amino-alcohol motifs (C(OH)–C–C–N with tert-alkyl or cyclic N) is 1. The van der Waals surface area contributed by atoms with Crippen molar-refractivity contribution in [3.05, 3.63) is 0 Å². The first-order valence-corrected chi connectivity index (χ1v) is 12.4. The quantitative estimate of drug-likeness (QED) is 0.430. The predicted octanol–water partition coefficient (Wildman–Crippen LogP) is 1.26. The number of ether oxygens (including phenoxy) is 1. The Balaban J connectivity index is 1.44. The number of nitrogens with one attached hydrogen (secondary N) is 2. The van der Waals surface area contributed by atoms with Crippen LogP contribution in [0, 0.1) is 23.2 Å². The molecule has 0 aromatic heterocycles. The fourth-order valence-corrected chi connectivity index (χ4v) is 5.77. The zero-order valence-corrected chi connectivity index (χ0v) is 20.4. The first kappa shape index (κ1) is 24.8. The molecule has 0 aromatic carbocycles. The number of hydrogen-bond donors (Lipinski definition) is 4. The second-order valence-corrected chi connectivity index (χ2v) is 11.7. The molecule has 0 radical (unpaired) electrons. The van der Waals surface area contributed by atoms with Gasteiger partial charge in [0.2, 0.25) is 11.8 Å². The van der Waals surface area contributed by atoms with E-state index >= 15 is 0 Å². The molecule has 10 heteroatoms. The lowest BCUT2D eigenvalue weighted by atomic mass is 9.85. The minimum Gasteiger partial charge on any atom is -0.479 e. The number of carboxylic acid groups (broad SMARTS) is 1. The van der Waals surface area contributed by atoms with E-state index in [9.17, 15) is 29.4 Å². The lowest BCUT2D eigenvalue weighted by molar-refractivity contribution is -0.146. The molecule has 4 aliphatic rings. The summed E-state index contributed by atoms with van der Waals surface area (Å²) in [5, 5.41) is 25.3. The summed E-state index contributed by atoms with van der Waals surface area (Å²) in [5.41, 5.74) is -2.00. The number of likely N-dealkylation sites (tertiary alicyclic amines) is 1. The number of alkyl carbamates (subject to hydrolysis) is 1. The summed E-state index contributed by atoms with van der Waals surface area (Å²) in [6.07, 6.45) is 2.17. The average Bonchev–Trinajstić information content (AvgIpc) is 3.56. The Bertz CT molecular complexity index is 861. The van der Waals surface area contributed by atoms with Gasteiger partial charge in [-0.25, -0.2) is 9.59 Å². The predicted molar refractivity (Wildman–Crippen MR) is 121 cm³/mol. The summed E-state index contributed by atoms with van der Waals surface area (Å²) in [6.45, 7) is 7.21. The van der Waals surface area contributed by atoms with Crippen molar-refractivity contribution in [1.82, 2.24) is 15.5 Å². The van der Waals surface area contributed by atoms with E-state index in [4.69, 9.17) is 4.74 Å². The van der Waals surface area contributed by atoms with E-state index in [1.165, 1.54) is 11.3 Å². The van der Waals surface area contributed by atoms with Gasteiger partial charge >= 0.3 is 12.1 Å². The van der Waals surface area contributed by atoms with Crippen LogP contribution in [-0.4, -0.2) is 75.4 Å². The average molecular weight is 480 g/mol. The molecule has 1 saturated heterocycles. The van der Waals surface area contributed by atoms with Gasteiger partial charge in [-0.3, -0.25) is 9.59 Å². The molecule has 4 N–H and O–H groups in total. The maximum absolute atomic E-state index is 13.6. The molecule has 3 saturated carbocycles. The summed E-state index contributed by atoms with van der Waals surface area (Å²) >= 11 is 0. The van der Waals surface area contributed by atoms with Crippen LogP contribution in [0.5, 0.6) is 0 Å². The Kier molecular flexibility index (Phi) is 6.33. The third-order valence-corrected chi connectivity index (χ3v) is 8.04. The van der Waals surface area contributed by atoms with Gasteiger partial charge < -0.3 is 30.5 Å². The van der Waals surface area contributed by atoms with E-state index < -0.39 is 53.0 Å². The summed E-state index contributed by atoms with van der Waals surface area (Å²) in [5.74, 6) is -1.05. The van der Waals surface area contributed by atoms with Gasteiger partial charge in [0.1, 0.15) is 23.7 Å². The van der Waals surface area contributed by atoms with Crippen LogP contribution in [0.25, 0.3) is 0 Å². The number of carbonyl (C=O) groups is 4. The molecule has 4 fully saturated rings. The Labute approximate surface area is 199 Å². The molecule has 34 heavy (non-hydrogen) atoms. The molecule has 0 spiro atoms. The number of hydrogen-bond acceptors (Lipinski definition) is 6. The normalized spacial score (nSPS) is 36.9. The molecule has 3 aliphatic carbocycles. The second-order valence-electron chi connectivity index (χ2n) is 11.7. The van der Waals surface area contributed by atoms with E-state index in [0.717, 1.165) is 12.8 Å². The Morgan fingerprint density at radius 3 is 2.29 bits per heavy atom. The van der Waals surface area contributed by atoms with Crippen LogP contribution in [0.15, 0.2) is 0 Å². The minimum absolute atomic E-state index is 0.0101. The molecule has 4 rings (SSSR count). The molecule has 190 valence electrons. The van der Waals surface area contributed by atoms with Crippen molar-refractivity contribution in [3.8, 4) is 0 Å². The van der Waals surface area contributed by atoms with Crippen molar-refractivity contribution in [2.45, 2.75) is 96.1 Å². The van der Waals surface area contributed by atoms with Crippen molar-refractivity contribution in [2.24, 2.45) is 23.2 Å². The Hall–Kier alpha value is -2.36. The molecule has 1 heterocycles. The number of amides is 3. The van der Waals surface area contributed by atoms with Crippen molar-refractivity contribution in [3.63, 3.8) is 0 Å². The van der Waals surface area contributed by atoms with Gasteiger partial charge in [0.05, 0.1) is 6.10 Å². The number of carboxylic acids is 1. The summed E-state index contributed by atoms with van der Waals surface area (Å²) < 4.78 is 5.56. The highest BCUT2D eigenvalue weighted by atomic mass is 16.6. The number of rotatable bonds is 7. The number of aliphatic hydroxyl groups is 1. The molecule has 10 nitrogen and oxygen atoms in total. The number of carbonyl (C=O) groups excluding carboxylic acids is 3. The van der Waals surface area contributed by atoms with Gasteiger partial charge in [0.25, 0.3) is 0 Å². The van der Waals surface area contributed by atoms with Crippen LogP contribution in [0.4, 0.5) is 4.79 Å². The van der Waals surface area contributed by atoms with Gasteiger partial charge in [-0.05, 0) is 48.9 Å². The summed E-state index contributed by atoms with van der Waals surface area (Å²) in [4.78, 5) is 52.3. The van der Waals surface area contributed by atoms with Gasteiger partial charge in [0.15, 0.2) is 0 Å². The highest BCUT2D eigenvalue weighted by Crippen LogP contribution is 2.52. The fraction of sp³-hybridized carbons (Fsp3) is 0.833. The van der Waals surface area contributed by atoms with E-state index in [2.05, 4.69) is 10.6 Å². The maximum atomic E-state index is 13.6. The summed E-state index contributed by atoms with van der Waals surface area (Å²) in [6, 6.07) is -1.99. The fourth-order valence-electron chi connectivity index (χ4n) is 5.77. The number of aliphatic carboxylic acids is 1. The minimum atomic E-state index is -1.32. The third kappa shape index (κ3) is 4.74. The molecule has 3 amide bonds. The Morgan fingerprint density at radius 1 is 1.12 bits per heavy atom. The maximum Gasteiger partial charge on any atom is 0.408 e. The van der Waals surface area contributed by atoms with Crippen LogP contribution in [0.1, 0.15) is 66.2 Å². The Morgan fingerprint density at radius 2 is 1.76 bits per heavy atom. The van der Waals surface area contributed by atoms with Crippen LogP contribution in [-0.2, 0) is 19.1 Å². The largest absolute Gasteiger partial charge is 0.479 e. The van der Waals surface area contributed by atoms with Gasteiger partial charge in [0, 0.05) is 13.0 Å². The number of fused-ring (bicyclic) bond motifs is 1. The van der Waals surface area contributed by atoms with Gasteiger partial charge in [-0.2, -0.15) is 0 Å². The van der Waals surface area contributed by atoms with Crippen LogP contribution < -0.4 is 10.6 Å². The first-order valence-electron chi connectivity index (χ1n) is 12.4. The van der Waals surface area contributed by atoms with Crippen molar-refractivity contribution < 1.29 is 34.1 Å². The topological polar surface area (TPSA) is 145 Å². The monoisotopic (exact) mass is 479 g/mol. The SMILES string of the molecule is CC[C@@H]1C[C@]1(NC(=O)[C@@H]1CC(O)CN1C(=O)[C@@H](NC(=O)OC1C[C@@H]2C[C@@H]2C1)C(C)(C)C)C(=O)O. The number of aliphatic hydroxyl groups excluding tert-OH is 1. The van der Waals surface area contributed by atoms with E-state index in [-0.39, 0.29) is 25.0 Å². The standard InChI is InChI=1S/C24H37N3O7/c1-5-14-10-24(14,21(31)32)26-19(29)17-9-15(28)11-27(17)20(30)18(23(2,3)4)25-22(33)34-16-7-12-6-13(12)8-16/h12-18,28H,5-11H2,1-4H3,(H,25,33)(H,26,29)(H,31,32)/t12-,13+,14-,15?,16?,17+,18-,24-/m1/s1. The van der Waals surface area contributed by atoms with Crippen LogP contribution >= 0.6 is 0 Å². The zero-order chi connectivity index (χ0) is 25.0. The highest BCUT2D eigenvalue weighted by molar-refractivity contribution is 5.96. The first-order chi connectivity index (χ1) is 15.9. The molecular weight excluding hydrogens is 442 g/mol. The molecule has 1 aliphatic heterocycles. The smallest absolute Gasteiger partial charge is 0.408 e. The van der Waals surface area contributed by atoms with Gasteiger partial charge in [-0.15, -0.1) is 0 Å². The lowest BCUT2D eigenvalue weighted by Crippen LogP contribution is -2.59. The third-order valence-electron chi connectivity index (χ3n) is 8.04. The lowest BCUT2D eigenvalue weighted by Gasteiger charge is -2.35. The molecule has 8 atom stereocenters. The van der Waals surface area contributed by atoms with Crippen LogP contribution in [0.2, 0.25) is 0 Å². The number of nitrogens with zero attached hydrogens (tertiary/aromatic N) is 1. The van der Waals surface area contributed by atoms with Crippen LogP contribution in [0.3, 0.4) is 0 Å². The van der Waals surface area contributed by atoms with Crippen molar-refractivity contribution >= 4 is 23.9 Å². The molecule has 0 aromatic rings. The molecule has 2 unspecified atom stereocenters. The highest BCUT2D eigenvalue weighted by Gasteiger charge is 2.61. The second kappa shape index (κ2) is 8.70. The van der Waals surface area contributed by atoms with E-state index in [1.807, 2.05) is 6.92 Å². The van der Waals surface area contributed by atoms with Gasteiger partial charge in [-0.1, -0.05) is 34.1 Å². The van der Waals surface area contributed by atoms with E-state index in [1.54, 1.807) is 20.8 Å². The molecular formula is C24H37N3O7. The summed E-state index contributed by atoms with van der Waals surface area (Å²) in [7, 11) is 0. The molecule has 0 bridgehead atoms. The van der Waals surface area contributed by atoms with Crippen molar-refractivity contribution in [2.75, 3.05) is 6.54 Å².